The van der Waals surface area contributed by atoms with Crippen LogP contribution in [0.1, 0.15) is 57.7 Å². The topological polar surface area (TPSA) is 144 Å². The van der Waals surface area contributed by atoms with Crippen LogP contribution in [0.25, 0.3) is 0 Å². The maximum atomic E-state index is 13.9. The Morgan fingerprint density at radius 3 is 2.33 bits per heavy atom. The van der Waals surface area contributed by atoms with Crippen molar-refractivity contribution in [2.24, 2.45) is 5.92 Å². The molecule has 0 aliphatic carbocycles. The number of ether oxygens (including phenoxy) is 2. The lowest BCUT2D eigenvalue weighted by molar-refractivity contribution is -0.135. The minimum Gasteiger partial charge on any atom is -0.497 e. The van der Waals surface area contributed by atoms with Crippen LogP contribution in [0.2, 0.25) is 0 Å². The molecule has 1 aliphatic rings. The van der Waals surface area contributed by atoms with Gasteiger partial charge in [-0.3, -0.25) is 19.2 Å². The number of imidazole rings is 1. The molecule has 2 aromatic carbocycles. The first-order valence-corrected chi connectivity index (χ1v) is 15.4. The van der Waals surface area contributed by atoms with E-state index in [1.807, 2.05) is 47.4 Å². The number of piperidine rings is 1. The summed E-state index contributed by atoms with van der Waals surface area (Å²) in [5.41, 5.74) is 0.380. The molecule has 246 valence electrons. The van der Waals surface area contributed by atoms with Crippen LogP contribution in [0, 0.1) is 5.92 Å². The van der Waals surface area contributed by atoms with Gasteiger partial charge in [-0.2, -0.15) is 0 Å². The molecule has 2 unspecified atom stereocenters. The molecule has 0 bridgehead atoms. The molecule has 2 heterocycles. The van der Waals surface area contributed by atoms with Gasteiger partial charge in [0.25, 0.3) is 5.91 Å². The molecule has 46 heavy (non-hydrogen) atoms. The Morgan fingerprint density at radius 1 is 1.02 bits per heavy atom. The molecule has 0 radical (unpaired) electrons. The summed E-state index contributed by atoms with van der Waals surface area (Å²) < 4.78 is 12.8. The van der Waals surface area contributed by atoms with Crippen molar-refractivity contribution in [3.63, 3.8) is 0 Å². The number of carbonyl (C=O) groups excluding carboxylic acids is 4. The third-order valence-electron chi connectivity index (χ3n) is 7.99. The molecule has 3 N–H and O–H groups in total. The van der Waals surface area contributed by atoms with E-state index >= 15 is 0 Å². The SMILES string of the molecule is COc1ccc(C(C(=O)N2CCC(C)CC2)n2cnc(NC(=O)C(COCc3ccccc3)NC(=O)C(C)(C)NC(C)=O)c2)cc1. The van der Waals surface area contributed by atoms with Crippen LogP contribution in [-0.4, -0.2) is 76.5 Å². The van der Waals surface area contributed by atoms with Gasteiger partial charge in [0, 0.05) is 26.2 Å². The van der Waals surface area contributed by atoms with Crippen LogP contribution in [0.15, 0.2) is 67.1 Å². The number of nitrogens with one attached hydrogen (secondary N) is 3. The standard InChI is InChI=1S/C34H44N6O6/c1-23-15-17-39(18-16-23)32(43)30(26-11-13-27(45-5)14-12-26)40-19-29(35-22-40)37-31(42)28(21-46-20-25-9-7-6-8-10-25)36-33(44)34(3,4)38-24(2)41/h6-14,19,22-23,28,30H,15-18,20-21H2,1-5H3,(H,36,44)(H,37,42)(H,38,41). The van der Waals surface area contributed by atoms with E-state index in [1.54, 1.807) is 43.9 Å². The summed E-state index contributed by atoms with van der Waals surface area (Å²) >= 11 is 0. The molecule has 4 amide bonds. The predicted octanol–water partition coefficient (Wildman–Crippen LogP) is 3.29. The van der Waals surface area contributed by atoms with Crippen LogP contribution in [0.4, 0.5) is 5.82 Å². The van der Waals surface area contributed by atoms with Crippen molar-refractivity contribution < 1.29 is 28.7 Å². The van der Waals surface area contributed by atoms with Gasteiger partial charge in [-0.25, -0.2) is 4.98 Å². The molecule has 1 aromatic heterocycles. The third-order valence-corrected chi connectivity index (χ3v) is 7.99. The van der Waals surface area contributed by atoms with Gasteiger partial charge in [-0.1, -0.05) is 49.4 Å². The van der Waals surface area contributed by atoms with Crippen LogP contribution >= 0.6 is 0 Å². The summed E-state index contributed by atoms with van der Waals surface area (Å²) in [6.07, 6.45) is 4.98. The first-order chi connectivity index (χ1) is 22.0. The predicted molar refractivity (Wildman–Crippen MR) is 173 cm³/mol. The second kappa shape index (κ2) is 15.5. The Labute approximate surface area is 269 Å². The van der Waals surface area contributed by atoms with E-state index in [4.69, 9.17) is 9.47 Å². The molecular formula is C34H44N6O6. The number of aromatic nitrogens is 2. The van der Waals surface area contributed by atoms with Crippen LogP contribution in [0.5, 0.6) is 5.75 Å². The minimum atomic E-state index is -1.27. The number of hydrogen-bond acceptors (Lipinski definition) is 7. The number of likely N-dealkylation sites (tertiary alicyclic amines) is 1. The van der Waals surface area contributed by atoms with Gasteiger partial charge in [-0.15, -0.1) is 0 Å². The number of anilines is 1. The van der Waals surface area contributed by atoms with Crippen molar-refractivity contribution in [3.8, 4) is 5.75 Å². The van der Waals surface area contributed by atoms with Crippen molar-refractivity contribution >= 4 is 29.4 Å². The summed E-state index contributed by atoms with van der Waals surface area (Å²) in [5.74, 6) is -0.136. The lowest BCUT2D eigenvalue weighted by Gasteiger charge is -2.33. The Kier molecular flexibility index (Phi) is 11.5. The molecule has 0 saturated carbocycles. The summed E-state index contributed by atoms with van der Waals surface area (Å²) in [7, 11) is 1.58. The number of rotatable bonds is 13. The van der Waals surface area contributed by atoms with Crippen LogP contribution < -0.4 is 20.7 Å². The normalized spacial score (nSPS) is 15.0. The van der Waals surface area contributed by atoms with E-state index in [-0.39, 0.29) is 30.8 Å². The second-order valence-electron chi connectivity index (χ2n) is 12.2. The average Bonchev–Trinajstić information content (AvgIpc) is 3.48. The Bertz CT molecular complexity index is 1480. The third kappa shape index (κ3) is 9.16. The highest BCUT2D eigenvalue weighted by Gasteiger charge is 2.33. The van der Waals surface area contributed by atoms with Crippen LogP contribution in [-0.2, 0) is 30.5 Å². The molecule has 12 nitrogen and oxygen atoms in total. The summed E-state index contributed by atoms with van der Waals surface area (Å²) in [4.78, 5) is 58.5. The van der Waals surface area contributed by atoms with Crippen molar-refractivity contribution in [1.29, 1.82) is 0 Å². The number of nitrogens with zero attached hydrogens (tertiary/aromatic N) is 3. The van der Waals surface area contributed by atoms with Gasteiger partial charge in [-0.05, 0) is 55.9 Å². The number of carbonyl (C=O) groups is 4. The number of hydrogen-bond donors (Lipinski definition) is 3. The quantitative estimate of drug-likeness (QED) is 0.262. The van der Waals surface area contributed by atoms with Gasteiger partial charge >= 0.3 is 0 Å². The molecule has 1 aliphatic heterocycles. The van der Waals surface area contributed by atoms with Gasteiger partial charge in [0.15, 0.2) is 5.82 Å². The molecule has 0 spiro atoms. The Hall–Kier alpha value is -4.71. The average molecular weight is 633 g/mol. The van der Waals surface area contributed by atoms with Crippen LogP contribution in [0.3, 0.4) is 0 Å². The highest BCUT2D eigenvalue weighted by molar-refractivity contribution is 5.99. The van der Waals surface area contributed by atoms with E-state index < -0.39 is 29.4 Å². The molecule has 2 atom stereocenters. The fourth-order valence-corrected chi connectivity index (χ4v) is 5.27. The first-order valence-electron chi connectivity index (χ1n) is 15.4. The van der Waals surface area contributed by atoms with Crippen molar-refractivity contribution in [2.45, 2.75) is 64.8 Å². The molecular weight excluding hydrogens is 588 g/mol. The number of methoxy groups -OCH3 is 1. The van der Waals surface area contributed by atoms with Gasteiger partial charge in [0.05, 0.1) is 26.7 Å². The summed E-state index contributed by atoms with van der Waals surface area (Å²) in [6, 6.07) is 14.9. The molecule has 3 aromatic rings. The van der Waals surface area contributed by atoms with Crippen molar-refractivity contribution in [1.82, 2.24) is 25.1 Å². The zero-order chi connectivity index (χ0) is 33.3. The number of amides is 4. The zero-order valence-corrected chi connectivity index (χ0v) is 27.1. The van der Waals surface area contributed by atoms with E-state index in [0.717, 1.165) is 24.0 Å². The number of benzene rings is 2. The second-order valence-corrected chi connectivity index (χ2v) is 12.2. The monoisotopic (exact) mass is 632 g/mol. The van der Waals surface area contributed by atoms with Gasteiger partial charge < -0.3 is 34.9 Å². The molecule has 1 saturated heterocycles. The largest absolute Gasteiger partial charge is 0.497 e. The van der Waals surface area contributed by atoms with E-state index in [2.05, 4.69) is 27.9 Å². The van der Waals surface area contributed by atoms with Gasteiger partial charge in [0.1, 0.15) is 23.4 Å². The lowest BCUT2D eigenvalue weighted by atomic mass is 9.97. The Morgan fingerprint density at radius 2 is 1.70 bits per heavy atom. The van der Waals surface area contributed by atoms with E-state index in [9.17, 15) is 19.2 Å². The fourth-order valence-electron chi connectivity index (χ4n) is 5.27. The minimum absolute atomic E-state index is 0.0630. The smallest absolute Gasteiger partial charge is 0.250 e. The molecule has 4 rings (SSSR count). The first kappa shape index (κ1) is 34.2. The van der Waals surface area contributed by atoms with Gasteiger partial charge in [0.2, 0.25) is 17.7 Å². The van der Waals surface area contributed by atoms with E-state index in [1.165, 1.54) is 13.3 Å². The summed E-state index contributed by atoms with van der Waals surface area (Å²) in [5, 5.41) is 8.05. The summed E-state index contributed by atoms with van der Waals surface area (Å²) in [6.45, 7) is 8.03. The highest BCUT2D eigenvalue weighted by atomic mass is 16.5. The molecule has 12 heteroatoms. The molecule has 1 fully saturated rings. The Balaban J connectivity index is 1.53. The highest BCUT2D eigenvalue weighted by Crippen LogP contribution is 2.27. The lowest BCUT2D eigenvalue weighted by Crippen LogP contribution is -2.59. The maximum absolute atomic E-state index is 13.9. The maximum Gasteiger partial charge on any atom is 0.250 e. The van der Waals surface area contributed by atoms with Crippen molar-refractivity contribution in [3.05, 3.63) is 78.2 Å². The fraction of sp³-hybridized carbons (Fsp3) is 0.441. The zero-order valence-electron chi connectivity index (χ0n) is 27.1. The van der Waals surface area contributed by atoms with Crippen molar-refractivity contribution in [2.75, 3.05) is 32.1 Å². The van der Waals surface area contributed by atoms with E-state index in [0.29, 0.717) is 24.8 Å².